The van der Waals surface area contributed by atoms with Crippen LogP contribution in [-0.2, 0) is 6.42 Å². The van der Waals surface area contributed by atoms with E-state index in [-0.39, 0.29) is 5.96 Å². The van der Waals surface area contributed by atoms with Crippen LogP contribution in [0.25, 0.3) is 16.9 Å². The molecule has 0 bridgehead atoms. The molecule has 0 aliphatic rings. The Hall–Kier alpha value is -4.01. The second kappa shape index (κ2) is 13.3. The maximum atomic E-state index is 6.06. The molecule has 1 aromatic heterocycles. The molecule has 1 heterocycles. The van der Waals surface area contributed by atoms with E-state index in [0.717, 1.165) is 46.4 Å². The van der Waals surface area contributed by atoms with Gasteiger partial charge in [0.05, 0.1) is 5.69 Å². The van der Waals surface area contributed by atoms with Gasteiger partial charge in [-0.1, -0.05) is 25.4 Å². The van der Waals surface area contributed by atoms with Gasteiger partial charge in [-0.2, -0.15) is 0 Å². The van der Waals surface area contributed by atoms with Gasteiger partial charge in [0.1, 0.15) is 29.7 Å². The number of benzene rings is 3. The number of rotatable bonds is 9. The Bertz CT molecular complexity index is 1270. The molecule has 7 N–H and O–H groups in total. The van der Waals surface area contributed by atoms with E-state index in [1.54, 1.807) is 0 Å². The molecule has 0 aliphatic carbocycles. The Morgan fingerprint density at radius 1 is 0.919 bits per heavy atom. The Balaban J connectivity index is 0.000000886. The molecule has 0 atom stereocenters. The maximum Gasteiger partial charge on any atom is 0.183 e. The number of aromatic nitrogens is 2. The summed E-state index contributed by atoms with van der Waals surface area (Å²) in [7, 11) is 0. The summed E-state index contributed by atoms with van der Waals surface area (Å²) in [6.45, 7) is 5.40. The molecule has 0 saturated heterocycles. The normalized spacial score (nSPS) is 10.5. The fourth-order valence-corrected chi connectivity index (χ4v) is 3.63. The average molecular weight is 521 g/mol. The molecule has 8 nitrogen and oxygen atoms in total. The van der Waals surface area contributed by atoms with Gasteiger partial charge in [-0.15, -0.1) is 0 Å². The van der Waals surface area contributed by atoms with Crippen molar-refractivity contribution in [2.24, 2.45) is 23.1 Å². The summed E-state index contributed by atoms with van der Waals surface area (Å²) in [5.74, 6) is 3.49. The van der Waals surface area contributed by atoms with E-state index in [1.807, 2.05) is 72.8 Å². The van der Waals surface area contributed by atoms with Crippen LogP contribution >= 0.6 is 11.6 Å². The van der Waals surface area contributed by atoms with Crippen LogP contribution in [-0.4, -0.2) is 28.7 Å². The number of hydrogen-bond donors (Lipinski definition) is 4. The number of guanidine groups is 1. The molecule has 0 aliphatic heterocycles. The number of nitrogens with one attached hydrogen (secondary N) is 1. The average Bonchev–Trinajstić information content (AvgIpc) is 3.27. The first-order valence-electron chi connectivity index (χ1n) is 11.9. The zero-order chi connectivity index (χ0) is 26.8. The number of nitrogens with two attached hydrogens (primary N) is 3. The summed E-state index contributed by atoms with van der Waals surface area (Å²) in [6.07, 6.45) is 2.96. The quantitative estimate of drug-likeness (QED) is 0.173. The zero-order valence-electron chi connectivity index (χ0n) is 21.0. The number of halogens is 1. The number of nitrogens with zero attached hydrogens (tertiary/aromatic N) is 2. The van der Waals surface area contributed by atoms with E-state index in [9.17, 15) is 0 Å². The lowest BCUT2D eigenvalue weighted by Crippen LogP contribution is -2.20. The molecular formula is C28H33ClN6O2. The molecule has 0 unspecified atom stereocenters. The van der Waals surface area contributed by atoms with E-state index in [2.05, 4.69) is 36.1 Å². The van der Waals surface area contributed by atoms with Gasteiger partial charge in [0.15, 0.2) is 5.96 Å². The Labute approximate surface area is 222 Å². The minimum Gasteiger partial charge on any atom is -0.492 e. The summed E-state index contributed by atoms with van der Waals surface area (Å²) in [6, 6.07) is 23.3. The monoisotopic (exact) mass is 520 g/mol. The van der Waals surface area contributed by atoms with Crippen LogP contribution in [0.15, 0.2) is 79.0 Å². The fourth-order valence-electron chi connectivity index (χ4n) is 3.50. The van der Waals surface area contributed by atoms with Crippen LogP contribution in [0.5, 0.6) is 17.2 Å². The van der Waals surface area contributed by atoms with Crippen LogP contribution < -0.4 is 26.7 Å². The smallest absolute Gasteiger partial charge is 0.183 e. The number of hydrogen-bond acceptors (Lipinski definition) is 5. The molecule has 0 radical (unpaired) electrons. The van der Waals surface area contributed by atoms with Crippen molar-refractivity contribution in [3.05, 3.63) is 89.8 Å². The van der Waals surface area contributed by atoms with Gasteiger partial charge in [-0.05, 0) is 78.7 Å². The van der Waals surface area contributed by atoms with Gasteiger partial charge in [0.2, 0.25) is 0 Å². The highest BCUT2D eigenvalue weighted by Gasteiger charge is 2.13. The molecule has 0 saturated carbocycles. The lowest BCUT2D eigenvalue weighted by molar-refractivity contribution is 0.328. The zero-order valence-corrected chi connectivity index (χ0v) is 21.8. The topological polar surface area (TPSA) is 138 Å². The summed E-state index contributed by atoms with van der Waals surface area (Å²) in [5.41, 5.74) is 17.5. The largest absolute Gasteiger partial charge is 0.492 e. The third kappa shape index (κ3) is 8.56. The number of imidazole rings is 1. The molecule has 194 valence electrons. The van der Waals surface area contributed by atoms with Gasteiger partial charge in [0, 0.05) is 35.4 Å². The first-order valence-corrected chi connectivity index (χ1v) is 12.3. The molecule has 9 heteroatoms. The third-order valence-corrected chi connectivity index (χ3v) is 5.32. The standard InChI is InChI=1S/C27H28ClN3O2.CH5N3/c1-19(2)17-27-30-26(20-3-9-23(10-4-20)32-16-15-29)18-31(27)22-7-13-25(14-8-22)33-24-11-5-21(28)6-12-24;2-1(3)4/h3-14,18-19H,15-17,29H2,1-2H3;(H5,2,3,4). The first-order chi connectivity index (χ1) is 17.7. The predicted octanol–water partition coefficient (Wildman–Crippen LogP) is 5.36. The van der Waals surface area contributed by atoms with Crippen molar-refractivity contribution in [2.75, 3.05) is 13.2 Å². The molecule has 0 amide bonds. The van der Waals surface area contributed by atoms with Crippen molar-refractivity contribution in [3.8, 4) is 34.2 Å². The molecule has 4 aromatic rings. The Morgan fingerprint density at radius 2 is 1.46 bits per heavy atom. The molecule has 4 rings (SSSR count). The first kappa shape index (κ1) is 27.6. The highest BCUT2D eigenvalue weighted by molar-refractivity contribution is 6.30. The predicted molar refractivity (Wildman–Crippen MR) is 150 cm³/mol. The van der Waals surface area contributed by atoms with Crippen molar-refractivity contribution in [3.63, 3.8) is 0 Å². The van der Waals surface area contributed by atoms with E-state index >= 15 is 0 Å². The van der Waals surface area contributed by atoms with Crippen molar-refractivity contribution in [2.45, 2.75) is 20.3 Å². The molecular weight excluding hydrogens is 488 g/mol. The van der Waals surface area contributed by atoms with Crippen LogP contribution in [0.1, 0.15) is 19.7 Å². The van der Waals surface area contributed by atoms with Crippen molar-refractivity contribution in [1.82, 2.24) is 9.55 Å². The molecule has 0 spiro atoms. The minimum absolute atomic E-state index is 0.333. The third-order valence-electron chi connectivity index (χ3n) is 5.07. The summed E-state index contributed by atoms with van der Waals surface area (Å²) >= 11 is 5.95. The van der Waals surface area contributed by atoms with Crippen molar-refractivity contribution in [1.29, 1.82) is 5.41 Å². The summed E-state index contributed by atoms with van der Waals surface area (Å²) in [5, 5.41) is 6.74. The van der Waals surface area contributed by atoms with Gasteiger partial charge >= 0.3 is 0 Å². The van der Waals surface area contributed by atoms with E-state index in [0.29, 0.717) is 24.1 Å². The highest BCUT2D eigenvalue weighted by atomic mass is 35.5. The fraction of sp³-hybridized carbons (Fsp3) is 0.214. The lowest BCUT2D eigenvalue weighted by Gasteiger charge is -2.11. The van der Waals surface area contributed by atoms with Crippen molar-refractivity contribution >= 4 is 17.6 Å². The Morgan fingerprint density at radius 3 is 2.00 bits per heavy atom. The van der Waals surface area contributed by atoms with Crippen LogP contribution in [0, 0.1) is 11.3 Å². The van der Waals surface area contributed by atoms with Crippen LogP contribution in [0.2, 0.25) is 5.02 Å². The molecule has 0 fully saturated rings. The number of ether oxygens (including phenoxy) is 2. The van der Waals surface area contributed by atoms with Crippen molar-refractivity contribution < 1.29 is 9.47 Å². The van der Waals surface area contributed by atoms with Gasteiger partial charge in [0.25, 0.3) is 0 Å². The SMILES string of the molecule is CC(C)Cc1nc(-c2ccc(OCCN)cc2)cn1-c1ccc(Oc2ccc(Cl)cc2)cc1.N=C(N)N. The highest BCUT2D eigenvalue weighted by Crippen LogP contribution is 2.28. The van der Waals surface area contributed by atoms with Gasteiger partial charge < -0.3 is 31.2 Å². The van der Waals surface area contributed by atoms with Crippen LogP contribution in [0.4, 0.5) is 0 Å². The summed E-state index contributed by atoms with van der Waals surface area (Å²) in [4.78, 5) is 4.95. The second-order valence-electron chi connectivity index (χ2n) is 8.68. The molecule has 37 heavy (non-hydrogen) atoms. The maximum absolute atomic E-state index is 6.06. The minimum atomic E-state index is -0.333. The van der Waals surface area contributed by atoms with E-state index in [1.165, 1.54) is 0 Å². The summed E-state index contributed by atoms with van der Waals surface area (Å²) < 4.78 is 13.7. The second-order valence-corrected chi connectivity index (χ2v) is 9.11. The van der Waals surface area contributed by atoms with E-state index in [4.69, 9.17) is 37.2 Å². The van der Waals surface area contributed by atoms with Gasteiger partial charge in [-0.3, -0.25) is 5.41 Å². The van der Waals surface area contributed by atoms with Crippen LogP contribution in [0.3, 0.4) is 0 Å². The molecule has 3 aromatic carbocycles. The Kier molecular flexibility index (Phi) is 9.94. The van der Waals surface area contributed by atoms with E-state index < -0.39 is 0 Å². The van der Waals surface area contributed by atoms with Gasteiger partial charge in [-0.25, -0.2) is 4.98 Å². The lowest BCUT2D eigenvalue weighted by atomic mass is 10.1.